The molecule has 0 amide bonds. The van der Waals surface area contributed by atoms with Gasteiger partial charge in [0.1, 0.15) is 6.33 Å². The number of aromatic nitrogens is 5. The fourth-order valence-corrected chi connectivity index (χ4v) is 3.75. The number of hydrogen-bond acceptors (Lipinski definition) is 7. The highest BCUT2D eigenvalue weighted by Crippen LogP contribution is 2.32. The molecular weight excluding hydrogens is 322 g/mol. The number of hydrogen-bond donors (Lipinski definition) is 2. The number of nitrogens with one attached hydrogen (secondary N) is 2. The van der Waals surface area contributed by atoms with Gasteiger partial charge in [0.25, 0.3) is 0 Å². The molecule has 1 aromatic carbocycles. The SMILES string of the molecule is c1nc(C(Nc2ccc(-n3cnnn3)cc2)C2CCNCC2)cs1. The van der Waals surface area contributed by atoms with Gasteiger partial charge in [0.05, 0.1) is 22.9 Å². The molecule has 2 N–H and O–H groups in total. The van der Waals surface area contributed by atoms with Crippen LogP contribution in [0.25, 0.3) is 5.69 Å². The van der Waals surface area contributed by atoms with Crippen LogP contribution >= 0.6 is 11.3 Å². The minimum absolute atomic E-state index is 0.247. The van der Waals surface area contributed by atoms with Gasteiger partial charge < -0.3 is 10.6 Å². The first kappa shape index (κ1) is 15.2. The van der Waals surface area contributed by atoms with E-state index >= 15 is 0 Å². The van der Waals surface area contributed by atoms with E-state index in [1.165, 1.54) is 0 Å². The Kier molecular flexibility index (Phi) is 4.48. The van der Waals surface area contributed by atoms with Gasteiger partial charge in [-0.25, -0.2) is 9.67 Å². The third kappa shape index (κ3) is 3.29. The second kappa shape index (κ2) is 7.06. The van der Waals surface area contributed by atoms with Crippen molar-refractivity contribution in [2.24, 2.45) is 5.92 Å². The summed E-state index contributed by atoms with van der Waals surface area (Å²) in [6.07, 6.45) is 3.92. The summed E-state index contributed by atoms with van der Waals surface area (Å²) < 4.78 is 1.65. The summed E-state index contributed by atoms with van der Waals surface area (Å²) in [5, 5.41) is 20.5. The van der Waals surface area contributed by atoms with E-state index < -0.39 is 0 Å². The van der Waals surface area contributed by atoms with Gasteiger partial charge in [-0.2, -0.15) is 0 Å². The molecule has 1 saturated heterocycles. The molecule has 8 heteroatoms. The quantitative estimate of drug-likeness (QED) is 0.741. The highest BCUT2D eigenvalue weighted by Gasteiger charge is 2.26. The molecule has 124 valence electrons. The number of anilines is 1. The van der Waals surface area contributed by atoms with Crippen LogP contribution in [0.1, 0.15) is 24.6 Å². The Bertz CT molecular complexity index is 733. The van der Waals surface area contributed by atoms with E-state index in [2.05, 4.69) is 48.7 Å². The Morgan fingerprint density at radius 1 is 1.21 bits per heavy atom. The molecule has 7 nitrogen and oxygen atoms in total. The Labute approximate surface area is 144 Å². The van der Waals surface area contributed by atoms with Crippen LogP contribution in [0.2, 0.25) is 0 Å². The van der Waals surface area contributed by atoms with E-state index in [1.807, 2.05) is 17.6 Å². The number of tetrazole rings is 1. The molecule has 3 heterocycles. The highest BCUT2D eigenvalue weighted by atomic mass is 32.1. The molecule has 1 fully saturated rings. The molecule has 0 radical (unpaired) electrons. The third-order valence-electron chi connectivity index (χ3n) is 4.43. The van der Waals surface area contributed by atoms with E-state index in [-0.39, 0.29) is 6.04 Å². The van der Waals surface area contributed by atoms with Crippen LogP contribution in [0, 0.1) is 5.92 Å². The molecule has 0 bridgehead atoms. The average molecular weight is 341 g/mol. The van der Waals surface area contributed by atoms with Crippen LogP contribution in [-0.4, -0.2) is 38.3 Å². The zero-order chi connectivity index (χ0) is 16.2. The first-order chi connectivity index (χ1) is 11.9. The summed E-state index contributed by atoms with van der Waals surface area (Å²) >= 11 is 1.65. The van der Waals surface area contributed by atoms with Crippen LogP contribution in [0.15, 0.2) is 41.5 Å². The van der Waals surface area contributed by atoms with Gasteiger partial charge in [-0.3, -0.25) is 0 Å². The van der Waals surface area contributed by atoms with Crippen molar-refractivity contribution >= 4 is 17.0 Å². The van der Waals surface area contributed by atoms with E-state index in [4.69, 9.17) is 0 Å². The van der Waals surface area contributed by atoms with Crippen LogP contribution in [0.4, 0.5) is 5.69 Å². The van der Waals surface area contributed by atoms with E-state index in [0.29, 0.717) is 5.92 Å². The summed E-state index contributed by atoms with van der Waals surface area (Å²) in [4.78, 5) is 4.55. The van der Waals surface area contributed by atoms with Crippen molar-refractivity contribution in [3.05, 3.63) is 47.2 Å². The summed E-state index contributed by atoms with van der Waals surface area (Å²) in [7, 11) is 0. The van der Waals surface area contributed by atoms with Crippen molar-refractivity contribution in [3.8, 4) is 5.69 Å². The summed E-state index contributed by atoms with van der Waals surface area (Å²) in [5.74, 6) is 0.590. The van der Waals surface area contributed by atoms with Gasteiger partial charge in [-0.15, -0.1) is 16.4 Å². The molecule has 1 atom stereocenters. The predicted octanol–water partition coefficient (Wildman–Crippen LogP) is 2.27. The molecule has 1 aliphatic rings. The minimum atomic E-state index is 0.247. The number of rotatable bonds is 5. The number of piperidine rings is 1. The lowest BCUT2D eigenvalue weighted by Crippen LogP contribution is -2.33. The van der Waals surface area contributed by atoms with E-state index in [9.17, 15) is 0 Å². The lowest BCUT2D eigenvalue weighted by Gasteiger charge is -2.31. The van der Waals surface area contributed by atoms with E-state index in [1.54, 1.807) is 22.3 Å². The van der Waals surface area contributed by atoms with Gasteiger partial charge in [-0.05, 0) is 66.5 Å². The minimum Gasteiger partial charge on any atom is -0.376 e. The molecular formula is C16H19N7S. The Morgan fingerprint density at radius 2 is 2.04 bits per heavy atom. The molecule has 0 saturated carbocycles. The zero-order valence-corrected chi connectivity index (χ0v) is 14.0. The summed E-state index contributed by atoms with van der Waals surface area (Å²) in [6, 6.07) is 8.41. The van der Waals surface area contributed by atoms with Crippen molar-refractivity contribution in [3.63, 3.8) is 0 Å². The van der Waals surface area contributed by atoms with Crippen molar-refractivity contribution < 1.29 is 0 Å². The molecule has 1 unspecified atom stereocenters. The maximum Gasteiger partial charge on any atom is 0.143 e. The lowest BCUT2D eigenvalue weighted by molar-refractivity contribution is 0.332. The predicted molar refractivity (Wildman–Crippen MR) is 93.2 cm³/mol. The van der Waals surface area contributed by atoms with Gasteiger partial charge >= 0.3 is 0 Å². The van der Waals surface area contributed by atoms with Crippen molar-refractivity contribution in [1.82, 2.24) is 30.5 Å². The van der Waals surface area contributed by atoms with Crippen LogP contribution < -0.4 is 10.6 Å². The van der Waals surface area contributed by atoms with Gasteiger partial charge in [-0.1, -0.05) is 0 Å². The average Bonchev–Trinajstić information content (AvgIpc) is 3.35. The molecule has 0 aliphatic carbocycles. The van der Waals surface area contributed by atoms with Crippen LogP contribution in [0.3, 0.4) is 0 Å². The lowest BCUT2D eigenvalue weighted by atomic mass is 9.88. The molecule has 0 spiro atoms. The van der Waals surface area contributed by atoms with Crippen molar-refractivity contribution in [1.29, 1.82) is 0 Å². The summed E-state index contributed by atoms with van der Waals surface area (Å²) in [5.41, 5.74) is 5.07. The van der Waals surface area contributed by atoms with Gasteiger partial charge in [0.15, 0.2) is 0 Å². The first-order valence-electron chi connectivity index (χ1n) is 8.09. The number of thiazole rings is 1. The fraction of sp³-hybridized carbons (Fsp3) is 0.375. The normalized spacial score (nSPS) is 16.8. The number of benzene rings is 1. The van der Waals surface area contributed by atoms with Gasteiger partial charge in [0, 0.05) is 11.1 Å². The maximum atomic E-state index is 4.55. The topological polar surface area (TPSA) is 80.6 Å². The second-order valence-corrected chi connectivity index (χ2v) is 6.64. The molecule has 4 rings (SSSR count). The fourth-order valence-electron chi connectivity index (χ4n) is 3.16. The number of nitrogens with zero attached hydrogens (tertiary/aromatic N) is 5. The smallest absolute Gasteiger partial charge is 0.143 e. The highest BCUT2D eigenvalue weighted by molar-refractivity contribution is 7.07. The summed E-state index contributed by atoms with van der Waals surface area (Å²) in [6.45, 7) is 2.15. The van der Waals surface area contributed by atoms with Gasteiger partial charge in [0.2, 0.25) is 0 Å². The maximum absolute atomic E-state index is 4.55. The third-order valence-corrected chi connectivity index (χ3v) is 5.03. The molecule has 2 aromatic heterocycles. The van der Waals surface area contributed by atoms with Crippen molar-refractivity contribution in [2.75, 3.05) is 18.4 Å². The molecule has 1 aliphatic heterocycles. The zero-order valence-electron chi connectivity index (χ0n) is 13.2. The first-order valence-corrected chi connectivity index (χ1v) is 9.03. The van der Waals surface area contributed by atoms with Crippen LogP contribution in [0.5, 0.6) is 0 Å². The Hall–Kier alpha value is -2.32. The second-order valence-electron chi connectivity index (χ2n) is 5.92. The Balaban J connectivity index is 1.53. The molecule has 24 heavy (non-hydrogen) atoms. The molecule has 3 aromatic rings. The Morgan fingerprint density at radius 3 is 2.71 bits per heavy atom. The standard InChI is InChI=1S/C16H19N7S/c1-3-14(23-10-19-21-22-23)4-2-13(1)20-16(15-9-24-11-18-15)12-5-7-17-8-6-12/h1-4,9-12,16-17,20H,5-8H2. The monoisotopic (exact) mass is 341 g/mol. The van der Waals surface area contributed by atoms with Crippen molar-refractivity contribution in [2.45, 2.75) is 18.9 Å². The largest absolute Gasteiger partial charge is 0.376 e. The van der Waals surface area contributed by atoms with Crippen LogP contribution in [-0.2, 0) is 0 Å². The van der Waals surface area contributed by atoms with E-state index in [0.717, 1.165) is 43.0 Å².